The predicted molar refractivity (Wildman–Crippen MR) is 144 cm³/mol. The molecule has 39 heavy (non-hydrogen) atoms. The number of carbonyl (C=O) groups excluding carboxylic acids is 1. The van der Waals surface area contributed by atoms with Crippen molar-refractivity contribution < 1.29 is 33.6 Å². The molecule has 14 heteroatoms. The summed E-state index contributed by atoms with van der Waals surface area (Å²) in [6.45, 7) is 2.49. The lowest BCUT2D eigenvalue weighted by atomic mass is 10.2. The Morgan fingerprint density at radius 3 is 2.33 bits per heavy atom. The van der Waals surface area contributed by atoms with Crippen molar-refractivity contribution in [3.05, 3.63) is 84.4 Å². The number of amides is 1. The Morgan fingerprint density at radius 1 is 0.974 bits per heavy atom. The molecule has 1 N–H and O–H groups in total. The standard InChI is InChI=1S/C25H23BrN4O9/c1-4-9-38-21-7-5-16(12-22(21)36-2)25(31)28-27-14-15-10-18(26)24(23(11-15)37-3)39-20-8-6-17(29(32)33)13-19(20)30(34)35/h5-8,10-14H,4,9H2,1-3H3,(H,28,31)/b27-14+. The Labute approximate surface area is 230 Å². The highest BCUT2D eigenvalue weighted by atomic mass is 79.9. The SMILES string of the molecule is CCCOc1ccc(C(=O)N/N=C/c2cc(Br)c(Oc3ccc([N+](=O)[O-])cc3[N+](=O)[O-])c(OC)c2)cc1OC. The number of hydrogen-bond donors (Lipinski definition) is 1. The summed E-state index contributed by atoms with van der Waals surface area (Å²) in [5, 5.41) is 26.4. The molecule has 1 amide bonds. The van der Waals surface area contributed by atoms with Crippen LogP contribution in [0.2, 0.25) is 0 Å². The average molecular weight is 603 g/mol. The summed E-state index contributed by atoms with van der Waals surface area (Å²) in [5.41, 5.74) is 2.18. The number of halogens is 1. The van der Waals surface area contributed by atoms with E-state index in [1.165, 1.54) is 26.5 Å². The molecule has 0 saturated carbocycles. The van der Waals surface area contributed by atoms with Gasteiger partial charge >= 0.3 is 5.69 Å². The van der Waals surface area contributed by atoms with Crippen molar-refractivity contribution in [2.45, 2.75) is 13.3 Å². The molecule has 0 spiro atoms. The average Bonchev–Trinajstić information content (AvgIpc) is 2.92. The lowest BCUT2D eigenvalue weighted by Gasteiger charge is -2.13. The number of rotatable bonds is 12. The third-order valence-corrected chi connectivity index (χ3v) is 5.67. The zero-order valence-corrected chi connectivity index (χ0v) is 22.6. The first kappa shape index (κ1) is 28.8. The molecule has 0 heterocycles. The normalized spacial score (nSPS) is 10.7. The molecule has 3 rings (SSSR count). The van der Waals surface area contributed by atoms with Crippen molar-refractivity contribution in [2.75, 3.05) is 20.8 Å². The fraction of sp³-hybridized carbons (Fsp3) is 0.200. The molecule has 0 aliphatic rings. The Bertz CT molecular complexity index is 1430. The summed E-state index contributed by atoms with van der Waals surface area (Å²) in [4.78, 5) is 33.5. The van der Waals surface area contributed by atoms with E-state index >= 15 is 0 Å². The number of ether oxygens (including phenoxy) is 4. The van der Waals surface area contributed by atoms with Crippen LogP contribution in [0.15, 0.2) is 58.1 Å². The van der Waals surface area contributed by atoms with E-state index < -0.39 is 27.1 Å². The van der Waals surface area contributed by atoms with Gasteiger partial charge in [0.1, 0.15) is 0 Å². The first-order valence-electron chi connectivity index (χ1n) is 11.3. The summed E-state index contributed by atoms with van der Waals surface area (Å²) < 4.78 is 22.3. The van der Waals surface area contributed by atoms with Crippen molar-refractivity contribution in [3.63, 3.8) is 0 Å². The molecule has 0 unspecified atom stereocenters. The molecule has 0 aromatic heterocycles. The third kappa shape index (κ3) is 7.19. The second kappa shape index (κ2) is 13.2. The minimum absolute atomic E-state index is 0.0908. The van der Waals surface area contributed by atoms with Gasteiger partial charge in [-0.1, -0.05) is 6.92 Å². The first-order valence-corrected chi connectivity index (χ1v) is 12.1. The van der Waals surface area contributed by atoms with Crippen molar-refractivity contribution >= 4 is 39.4 Å². The van der Waals surface area contributed by atoms with Gasteiger partial charge in [0.05, 0.1) is 47.4 Å². The largest absolute Gasteiger partial charge is 0.493 e. The molecule has 13 nitrogen and oxygen atoms in total. The minimum atomic E-state index is -0.784. The molecule has 3 aromatic carbocycles. The number of nitrogens with one attached hydrogen (secondary N) is 1. The summed E-state index contributed by atoms with van der Waals surface area (Å²) >= 11 is 3.34. The second-order valence-corrected chi connectivity index (χ2v) is 8.57. The van der Waals surface area contributed by atoms with Crippen LogP contribution in [0.4, 0.5) is 11.4 Å². The van der Waals surface area contributed by atoms with Gasteiger partial charge in [0, 0.05) is 11.6 Å². The highest BCUT2D eigenvalue weighted by Crippen LogP contribution is 2.42. The number of carbonyl (C=O) groups is 1. The van der Waals surface area contributed by atoms with Crippen LogP contribution in [0.3, 0.4) is 0 Å². The highest BCUT2D eigenvalue weighted by Gasteiger charge is 2.23. The maximum Gasteiger partial charge on any atom is 0.318 e. The van der Waals surface area contributed by atoms with Gasteiger partial charge in [-0.25, -0.2) is 5.43 Å². The van der Waals surface area contributed by atoms with Crippen LogP contribution in [0.1, 0.15) is 29.3 Å². The second-order valence-electron chi connectivity index (χ2n) is 7.72. The fourth-order valence-electron chi connectivity index (χ4n) is 3.24. The first-order chi connectivity index (χ1) is 18.7. The summed E-state index contributed by atoms with van der Waals surface area (Å²) in [6, 6.07) is 10.9. The quantitative estimate of drug-likeness (QED) is 0.157. The minimum Gasteiger partial charge on any atom is -0.493 e. The molecule has 3 aromatic rings. The van der Waals surface area contributed by atoms with E-state index in [2.05, 4.69) is 26.5 Å². The van der Waals surface area contributed by atoms with Gasteiger partial charge in [-0.2, -0.15) is 5.10 Å². The Morgan fingerprint density at radius 2 is 1.69 bits per heavy atom. The summed E-state index contributed by atoms with van der Waals surface area (Å²) in [5.74, 6) is 0.503. The fourth-order valence-corrected chi connectivity index (χ4v) is 3.78. The molecule has 0 atom stereocenters. The third-order valence-electron chi connectivity index (χ3n) is 5.08. The molecule has 204 valence electrons. The molecule has 0 aliphatic heterocycles. The number of hydrogen-bond acceptors (Lipinski definition) is 10. The van der Waals surface area contributed by atoms with Crippen LogP contribution in [0.25, 0.3) is 0 Å². The van der Waals surface area contributed by atoms with Crippen LogP contribution in [0.5, 0.6) is 28.7 Å². The highest BCUT2D eigenvalue weighted by molar-refractivity contribution is 9.10. The number of benzene rings is 3. The number of nitro groups is 2. The number of methoxy groups -OCH3 is 2. The van der Waals surface area contributed by atoms with Crippen molar-refractivity contribution in [1.29, 1.82) is 0 Å². The smallest absolute Gasteiger partial charge is 0.318 e. The van der Waals surface area contributed by atoms with E-state index in [0.29, 0.717) is 33.7 Å². The Balaban J connectivity index is 1.79. The Hall–Kier alpha value is -4.72. The number of nitro benzene ring substituents is 2. The summed E-state index contributed by atoms with van der Waals surface area (Å²) in [6.07, 6.45) is 2.18. The van der Waals surface area contributed by atoms with E-state index in [9.17, 15) is 25.0 Å². The van der Waals surface area contributed by atoms with E-state index in [1.54, 1.807) is 24.3 Å². The molecule has 0 aliphatic carbocycles. The van der Waals surface area contributed by atoms with Gasteiger partial charge in [-0.15, -0.1) is 0 Å². The van der Waals surface area contributed by atoms with E-state index in [4.69, 9.17) is 18.9 Å². The van der Waals surface area contributed by atoms with Gasteiger partial charge in [-0.3, -0.25) is 25.0 Å². The van der Waals surface area contributed by atoms with Crippen LogP contribution in [0, 0.1) is 20.2 Å². The molecular weight excluding hydrogens is 580 g/mol. The monoisotopic (exact) mass is 602 g/mol. The van der Waals surface area contributed by atoms with Crippen LogP contribution in [-0.4, -0.2) is 42.8 Å². The molecule has 0 radical (unpaired) electrons. The molecule has 0 fully saturated rings. The van der Waals surface area contributed by atoms with Gasteiger partial charge in [0.2, 0.25) is 5.75 Å². The molecule has 0 saturated heterocycles. The predicted octanol–water partition coefficient (Wildman–Crippen LogP) is 5.63. The number of non-ortho nitro benzene ring substituents is 1. The number of nitrogens with zero attached hydrogens (tertiary/aromatic N) is 3. The zero-order valence-electron chi connectivity index (χ0n) is 21.0. The lowest BCUT2D eigenvalue weighted by molar-refractivity contribution is -0.394. The van der Waals surface area contributed by atoms with Gasteiger partial charge in [-0.05, 0) is 64.3 Å². The van der Waals surface area contributed by atoms with Gasteiger partial charge in [0.25, 0.3) is 11.6 Å². The van der Waals surface area contributed by atoms with E-state index in [0.717, 1.165) is 24.6 Å². The van der Waals surface area contributed by atoms with E-state index in [1.807, 2.05) is 6.92 Å². The maximum absolute atomic E-state index is 12.6. The zero-order chi connectivity index (χ0) is 28.5. The van der Waals surface area contributed by atoms with Crippen molar-refractivity contribution in [1.82, 2.24) is 5.43 Å². The van der Waals surface area contributed by atoms with Crippen LogP contribution < -0.4 is 24.4 Å². The van der Waals surface area contributed by atoms with Gasteiger partial charge in [0.15, 0.2) is 23.0 Å². The lowest BCUT2D eigenvalue weighted by Crippen LogP contribution is -2.17. The molecule has 0 bridgehead atoms. The van der Waals surface area contributed by atoms with Crippen molar-refractivity contribution in [3.8, 4) is 28.7 Å². The molecular formula is C25H23BrN4O9. The van der Waals surface area contributed by atoms with Gasteiger partial charge < -0.3 is 18.9 Å². The topological polar surface area (TPSA) is 165 Å². The Kier molecular flexibility index (Phi) is 9.75. The van der Waals surface area contributed by atoms with Crippen LogP contribution in [-0.2, 0) is 0 Å². The maximum atomic E-state index is 12.6. The van der Waals surface area contributed by atoms with E-state index in [-0.39, 0.29) is 17.2 Å². The van der Waals surface area contributed by atoms with Crippen molar-refractivity contribution in [2.24, 2.45) is 5.10 Å². The summed E-state index contributed by atoms with van der Waals surface area (Å²) in [7, 11) is 2.84. The number of hydrazone groups is 1. The van der Waals surface area contributed by atoms with Crippen LogP contribution >= 0.6 is 15.9 Å².